The summed E-state index contributed by atoms with van der Waals surface area (Å²) in [4.78, 5) is 92.8. The molecule has 0 bridgehead atoms. The molecule has 0 saturated heterocycles. The van der Waals surface area contributed by atoms with E-state index in [9.17, 15) is 43.8 Å². The summed E-state index contributed by atoms with van der Waals surface area (Å²) < 4.78 is 2.99. The highest BCUT2D eigenvalue weighted by Crippen LogP contribution is 2.27. The van der Waals surface area contributed by atoms with Gasteiger partial charge in [0.2, 0.25) is 11.8 Å². The molecule has 0 aliphatic heterocycles. The molecule has 2 aromatic heterocycles. The van der Waals surface area contributed by atoms with Gasteiger partial charge in [-0.25, -0.2) is 9.97 Å². The van der Waals surface area contributed by atoms with Crippen LogP contribution >= 0.6 is 0 Å². The molecule has 0 aliphatic rings. The fourth-order valence-electron chi connectivity index (χ4n) is 4.94. The number of hydrogen-bond donors (Lipinski definition) is 6. The predicted octanol–water partition coefficient (Wildman–Crippen LogP) is -0.451. The average molecular weight is 666 g/mol. The van der Waals surface area contributed by atoms with Crippen LogP contribution < -0.4 is 5.32 Å². The molecular weight excluding hydrogens is 626 g/mol. The molecule has 2 rings (SSSR count). The van der Waals surface area contributed by atoms with Crippen molar-refractivity contribution < 1.29 is 59.1 Å². The molecule has 2 heterocycles. The number of aliphatic carboxylic acids is 5. The summed E-state index contributed by atoms with van der Waals surface area (Å²) in [6.07, 6.45) is 4.90. The second kappa shape index (κ2) is 18.0. The summed E-state index contributed by atoms with van der Waals surface area (Å²) in [5.74, 6) is -6.55. The van der Waals surface area contributed by atoms with E-state index in [2.05, 4.69) is 15.3 Å². The van der Waals surface area contributed by atoms with Crippen LogP contribution in [0.15, 0.2) is 24.8 Å². The Morgan fingerprint density at radius 2 is 1.17 bits per heavy atom. The van der Waals surface area contributed by atoms with Gasteiger partial charge in [-0.1, -0.05) is 0 Å². The van der Waals surface area contributed by atoms with Crippen molar-refractivity contribution in [2.45, 2.75) is 76.7 Å². The zero-order chi connectivity index (χ0) is 35.1. The smallest absolute Gasteiger partial charge is 0.323 e. The third-order valence-electron chi connectivity index (χ3n) is 7.14. The SMILES string of the molecule is CN(Cc1nccn1CC(=O)NC(CCCC(=O)O)(CCC(=O)O)CCC(=O)O)Cc1nccn1CC(=O)N(CC(=O)O)CC(=O)O. The Hall–Kier alpha value is -5.33. The van der Waals surface area contributed by atoms with Crippen LogP contribution in [0.2, 0.25) is 0 Å². The van der Waals surface area contributed by atoms with Crippen LogP contribution in [0.4, 0.5) is 0 Å². The molecule has 0 fully saturated rings. The van der Waals surface area contributed by atoms with E-state index < -0.39 is 60.3 Å². The van der Waals surface area contributed by atoms with Gasteiger partial charge in [-0.2, -0.15) is 0 Å². The summed E-state index contributed by atoms with van der Waals surface area (Å²) in [7, 11) is 1.71. The first-order chi connectivity index (χ1) is 22.1. The van der Waals surface area contributed by atoms with Gasteiger partial charge in [0.15, 0.2) is 0 Å². The molecule has 0 atom stereocenters. The van der Waals surface area contributed by atoms with E-state index in [1.165, 1.54) is 27.7 Å². The topological polar surface area (TPSA) is 275 Å². The summed E-state index contributed by atoms with van der Waals surface area (Å²) in [6.45, 7) is -1.81. The molecule has 47 heavy (non-hydrogen) atoms. The minimum atomic E-state index is -1.36. The van der Waals surface area contributed by atoms with Crippen LogP contribution in [0.1, 0.15) is 56.6 Å². The second-order valence-corrected chi connectivity index (χ2v) is 11.0. The first-order valence-corrected chi connectivity index (χ1v) is 14.5. The maximum Gasteiger partial charge on any atom is 0.323 e. The number of nitrogens with zero attached hydrogens (tertiary/aromatic N) is 6. The number of hydrogen-bond acceptors (Lipinski definition) is 10. The maximum absolute atomic E-state index is 13.2. The van der Waals surface area contributed by atoms with E-state index in [1.807, 2.05) is 0 Å². The number of aromatic nitrogens is 4. The van der Waals surface area contributed by atoms with E-state index >= 15 is 0 Å². The van der Waals surface area contributed by atoms with Crippen LogP contribution in [0.5, 0.6) is 0 Å². The number of carbonyl (C=O) groups is 7. The van der Waals surface area contributed by atoms with Crippen molar-refractivity contribution in [2.75, 3.05) is 20.1 Å². The van der Waals surface area contributed by atoms with Gasteiger partial charge in [-0.3, -0.25) is 38.5 Å². The van der Waals surface area contributed by atoms with Crippen molar-refractivity contribution >= 4 is 41.7 Å². The number of imidazole rings is 2. The molecule has 2 aromatic rings. The van der Waals surface area contributed by atoms with Gasteiger partial charge >= 0.3 is 29.8 Å². The van der Waals surface area contributed by atoms with Crippen LogP contribution in [-0.2, 0) is 59.7 Å². The summed E-state index contributed by atoms with van der Waals surface area (Å²) in [5.41, 5.74) is -1.26. The first-order valence-electron chi connectivity index (χ1n) is 14.5. The van der Waals surface area contributed by atoms with E-state index in [4.69, 9.17) is 15.3 Å². The number of amides is 2. The van der Waals surface area contributed by atoms with Gasteiger partial charge < -0.3 is 44.9 Å². The Morgan fingerprint density at radius 3 is 1.62 bits per heavy atom. The Morgan fingerprint density at radius 1 is 0.702 bits per heavy atom. The molecular formula is C28H39N7O12. The largest absolute Gasteiger partial charge is 0.481 e. The van der Waals surface area contributed by atoms with Crippen molar-refractivity contribution in [1.82, 2.24) is 34.2 Å². The van der Waals surface area contributed by atoms with Gasteiger partial charge in [-0.05, 0) is 32.7 Å². The van der Waals surface area contributed by atoms with E-state index in [0.717, 1.165) is 0 Å². The predicted molar refractivity (Wildman–Crippen MR) is 158 cm³/mol. The van der Waals surface area contributed by atoms with Crippen LogP contribution in [0, 0.1) is 0 Å². The molecule has 0 spiro atoms. The van der Waals surface area contributed by atoms with Gasteiger partial charge in [0.1, 0.15) is 37.8 Å². The minimum Gasteiger partial charge on any atom is -0.481 e. The van der Waals surface area contributed by atoms with E-state index in [1.54, 1.807) is 18.1 Å². The third kappa shape index (κ3) is 13.7. The van der Waals surface area contributed by atoms with Gasteiger partial charge in [-0.15, -0.1) is 0 Å². The fourth-order valence-corrected chi connectivity index (χ4v) is 4.94. The lowest BCUT2D eigenvalue weighted by Gasteiger charge is -2.35. The zero-order valence-corrected chi connectivity index (χ0v) is 25.8. The fraction of sp³-hybridized carbons (Fsp3) is 0.536. The lowest BCUT2D eigenvalue weighted by molar-refractivity contribution is -0.149. The molecule has 19 nitrogen and oxygen atoms in total. The van der Waals surface area contributed by atoms with Crippen molar-refractivity contribution in [3.8, 4) is 0 Å². The molecule has 0 saturated carbocycles. The average Bonchev–Trinajstić information content (AvgIpc) is 3.58. The Balaban J connectivity index is 2.12. The van der Waals surface area contributed by atoms with Gasteiger partial charge in [0.05, 0.1) is 13.1 Å². The minimum absolute atomic E-state index is 0.0602. The van der Waals surface area contributed by atoms with Crippen molar-refractivity contribution in [1.29, 1.82) is 0 Å². The molecule has 0 radical (unpaired) electrons. The van der Waals surface area contributed by atoms with Crippen LogP contribution in [-0.4, -0.2) is 122 Å². The Bertz CT molecular complexity index is 1400. The molecule has 6 N–H and O–H groups in total. The maximum atomic E-state index is 13.2. The Kier molecular flexibility index (Phi) is 14.5. The monoisotopic (exact) mass is 665 g/mol. The number of carboxylic acids is 5. The Labute approximate surface area is 268 Å². The van der Waals surface area contributed by atoms with E-state index in [-0.39, 0.29) is 71.1 Å². The molecule has 2 amide bonds. The molecule has 0 aromatic carbocycles. The number of carbonyl (C=O) groups excluding carboxylic acids is 2. The molecule has 19 heteroatoms. The normalized spacial score (nSPS) is 11.3. The molecule has 0 unspecified atom stereocenters. The van der Waals surface area contributed by atoms with Crippen molar-refractivity contribution in [2.24, 2.45) is 0 Å². The van der Waals surface area contributed by atoms with Crippen LogP contribution in [0.3, 0.4) is 0 Å². The number of carboxylic acid groups (broad SMARTS) is 5. The highest BCUT2D eigenvalue weighted by Gasteiger charge is 2.33. The van der Waals surface area contributed by atoms with Crippen molar-refractivity contribution in [3.05, 3.63) is 36.4 Å². The van der Waals surface area contributed by atoms with Crippen LogP contribution in [0.25, 0.3) is 0 Å². The molecule has 0 aliphatic carbocycles. The van der Waals surface area contributed by atoms with Gasteiger partial charge in [0.25, 0.3) is 0 Å². The quantitative estimate of drug-likeness (QED) is 0.0877. The van der Waals surface area contributed by atoms with E-state index in [0.29, 0.717) is 16.5 Å². The zero-order valence-electron chi connectivity index (χ0n) is 25.8. The second-order valence-electron chi connectivity index (χ2n) is 11.0. The summed E-state index contributed by atoms with van der Waals surface area (Å²) in [5, 5.41) is 48.4. The standard InChI is InChI=1S/C28H39N7O12/c1-32(14-20-30-10-12-34(20)16-22(37)35(17-26(44)45)18-27(46)47)13-19-29-9-11-33(19)15-21(36)31-28(7-4-24(40)41,8-5-25(42)43)6-2-3-23(38)39/h9-12H,2-8,13-18H2,1H3,(H,31,36)(H,38,39)(H,40,41)(H,42,43)(H,44,45)(H,46,47). The summed E-state index contributed by atoms with van der Waals surface area (Å²) in [6, 6.07) is 0. The highest BCUT2D eigenvalue weighted by molar-refractivity contribution is 5.85. The summed E-state index contributed by atoms with van der Waals surface area (Å²) >= 11 is 0. The lowest BCUT2D eigenvalue weighted by atomic mass is 9.83. The molecule has 258 valence electrons. The number of nitrogens with one attached hydrogen (secondary N) is 1. The van der Waals surface area contributed by atoms with Gasteiger partial charge in [0, 0.05) is 49.6 Å². The number of rotatable bonds is 23. The van der Waals surface area contributed by atoms with Crippen molar-refractivity contribution in [3.63, 3.8) is 0 Å². The third-order valence-corrected chi connectivity index (χ3v) is 7.14. The lowest BCUT2D eigenvalue weighted by Crippen LogP contribution is -2.50. The first kappa shape index (κ1) is 37.9. The highest BCUT2D eigenvalue weighted by atomic mass is 16.4.